The maximum Gasteiger partial charge on any atom is 0.243 e. The number of nitrogens with one attached hydrogen (secondary N) is 1. The van der Waals surface area contributed by atoms with Gasteiger partial charge in [0, 0.05) is 14.1 Å². The van der Waals surface area contributed by atoms with Crippen LogP contribution in [-0.2, 0) is 4.79 Å². The first-order chi connectivity index (χ1) is 8.10. The Balaban J connectivity index is 3.13. The summed E-state index contributed by atoms with van der Waals surface area (Å²) in [5, 5.41) is 2.63. The Morgan fingerprint density at radius 2 is 2.24 bits per heavy atom. The van der Waals surface area contributed by atoms with Gasteiger partial charge in [-0.1, -0.05) is 0 Å². The minimum Gasteiger partial charge on any atom is -0.476 e. The van der Waals surface area contributed by atoms with E-state index < -0.39 is 0 Å². The number of alkyl halides is 1. The number of ether oxygens (including phenoxy) is 1. The Hall–Kier alpha value is -1.56. The van der Waals surface area contributed by atoms with E-state index in [2.05, 4.69) is 15.3 Å². The van der Waals surface area contributed by atoms with Crippen molar-refractivity contribution in [2.45, 2.75) is 6.92 Å². The predicted molar refractivity (Wildman–Crippen MR) is 66.9 cm³/mol. The zero-order valence-corrected chi connectivity index (χ0v) is 10.8. The van der Waals surface area contributed by atoms with Crippen LogP contribution in [-0.4, -0.2) is 42.5 Å². The van der Waals surface area contributed by atoms with Crippen molar-refractivity contribution in [3.63, 3.8) is 0 Å². The second-order valence-electron chi connectivity index (χ2n) is 3.39. The van der Waals surface area contributed by atoms with Gasteiger partial charge in [0.05, 0.1) is 6.61 Å². The zero-order chi connectivity index (χ0) is 12.8. The minimum atomic E-state index is -0.328. The molecule has 0 saturated carbocycles. The SMILES string of the molecule is CCOc1ncnc(N(C)C)c1NC(=O)CCl. The average molecular weight is 259 g/mol. The largest absolute Gasteiger partial charge is 0.476 e. The molecule has 6 nitrogen and oxygen atoms in total. The van der Waals surface area contributed by atoms with E-state index in [9.17, 15) is 4.79 Å². The van der Waals surface area contributed by atoms with Gasteiger partial charge in [-0.25, -0.2) is 4.98 Å². The molecule has 1 heterocycles. The monoisotopic (exact) mass is 258 g/mol. The summed E-state index contributed by atoms with van der Waals surface area (Å²) in [6.45, 7) is 2.29. The van der Waals surface area contributed by atoms with Crippen LogP contribution < -0.4 is 15.0 Å². The first-order valence-corrected chi connectivity index (χ1v) is 5.64. The van der Waals surface area contributed by atoms with E-state index >= 15 is 0 Å². The molecule has 0 aliphatic heterocycles. The molecule has 0 atom stereocenters. The number of carbonyl (C=O) groups excluding carboxylic acids is 1. The van der Waals surface area contributed by atoms with Crippen LogP contribution >= 0.6 is 11.6 Å². The van der Waals surface area contributed by atoms with Crippen LogP contribution in [0.2, 0.25) is 0 Å². The second-order valence-corrected chi connectivity index (χ2v) is 3.65. The lowest BCUT2D eigenvalue weighted by molar-refractivity contribution is -0.113. The molecule has 1 aromatic heterocycles. The molecule has 0 aromatic carbocycles. The highest BCUT2D eigenvalue weighted by atomic mass is 35.5. The molecular weight excluding hydrogens is 244 g/mol. The van der Waals surface area contributed by atoms with Gasteiger partial charge in [-0.2, -0.15) is 4.98 Å². The van der Waals surface area contributed by atoms with E-state index in [1.54, 1.807) is 4.90 Å². The summed E-state index contributed by atoms with van der Waals surface area (Å²) < 4.78 is 5.34. The first kappa shape index (κ1) is 13.5. The summed E-state index contributed by atoms with van der Waals surface area (Å²) in [7, 11) is 3.63. The molecule has 1 N–H and O–H groups in total. The molecule has 0 radical (unpaired) electrons. The second kappa shape index (κ2) is 6.24. The molecule has 94 valence electrons. The van der Waals surface area contributed by atoms with Crippen molar-refractivity contribution in [1.82, 2.24) is 9.97 Å². The smallest absolute Gasteiger partial charge is 0.243 e. The van der Waals surface area contributed by atoms with Crippen LogP contribution in [0.1, 0.15) is 6.92 Å². The first-order valence-electron chi connectivity index (χ1n) is 5.11. The highest BCUT2D eigenvalue weighted by Gasteiger charge is 2.16. The van der Waals surface area contributed by atoms with Gasteiger partial charge >= 0.3 is 0 Å². The van der Waals surface area contributed by atoms with E-state index in [0.29, 0.717) is 24.0 Å². The molecule has 0 aliphatic rings. The highest BCUT2D eigenvalue weighted by Crippen LogP contribution is 2.30. The van der Waals surface area contributed by atoms with Gasteiger partial charge in [-0.3, -0.25) is 4.79 Å². The van der Waals surface area contributed by atoms with Gasteiger partial charge in [-0.05, 0) is 6.92 Å². The van der Waals surface area contributed by atoms with E-state index in [-0.39, 0.29) is 11.8 Å². The van der Waals surface area contributed by atoms with Gasteiger partial charge in [0.2, 0.25) is 11.8 Å². The number of hydrogen-bond donors (Lipinski definition) is 1. The van der Waals surface area contributed by atoms with E-state index in [1.807, 2.05) is 21.0 Å². The lowest BCUT2D eigenvalue weighted by Gasteiger charge is -2.18. The zero-order valence-electron chi connectivity index (χ0n) is 10.0. The van der Waals surface area contributed by atoms with Crippen LogP contribution in [0.3, 0.4) is 0 Å². The van der Waals surface area contributed by atoms with Crippen molar-refractivity contribution < 1.29 is 9.53 Å². The quantitative estimate of drug-likeness (QED) is 0.802. The number of aromatic nitrogens is 2. The molecule has 7 heteroatoms. The Morgan fingerprint density at radius 1 is 1.53 bits per heavy atom. The fourth-order valence-electron chi connectivity index (χ4n) is 1.23. The molecule has 0 fully saturated rings. The van der Waals surface area contributed by atoms with Crippen LogP contribution in [0.15, 0.2) is 6.33 Å². The van der Waals surface area contributed by atoms with Gasteiger partial charge in [0.25, 0.3) is 0 Å². The van der Waals surface area contributed by atoms with Crippen molar-refractivity contribution in [3.05, 3.63) is 6.33 Å². The molecule has 0 saturated heterocycles. The third kappa shape index (κ3) is 3.45. The number of amides is 1. The molecule has 0 bridgehead atoms. The van der Waals surface area contributed by atoms with Crippen molar-refractivity contribution in [1.29, 1.82) is 0 Å². The lowest BCUT2D eigenvalue weighted by atomic mass is 10.4. The third-order valence-electron chi connectivity index (χ3n) is 1.88. The third-order valence-corrected chi connectivity index (χ3v) is 2.13. The molecule has 0 unspecified atom stereocenters. The van der Waals surface area contributed by atoms with E-state index in [1.165, 1.54) is 6.33 Å². The molecule has 0 aliphatic carbocycles. The Labute approximate surface area is 105 Å². The fraction of sp³-hybridized carbons (Fsp3) is 0.500. The number of carbonyl (C=O) groups is 1. The maximum absolute atomic E-state index is 11.3. The van der Waals surface area contributed by atoms with Gasteiger partial charge in [0.15, 0.2) is 5.82 Å². The molecule has 1 amide bonds. The summed E-state index contributed by atoms with van der Waals surface area (Å²) in [6, 6.07) is 0. The Morgan fingerprint density at radius 3 is 2.76 bits per heavy atom. The number of anilines is 2. The Bertz CT molecular complexity index is 398. The van der Waals surface area contributed by atoms with E-state index in [4.69, 9.17) is 16.3 Å². The van der Waals surface area contributed by atoms with Crippen LogP contribution in [0, 0.1) is 0 Å². The summed E-state index contributed by atoms with van der Waals surface area (Å²) in [5.41, 5.74) is 0.435. The topological polar surface area (TPSA) is 67.4 Å². The predicted octanol–water partition coefficient (Wildman–Crippen LogP) is 1.12. The fourth-order valence-corrected chi connectivity index (χ4v) is 1.29. The summed E-state index contributed by atoms with van der Waals surface area (Å²) in [5.74, 6) is 0.449. The average Bonchev–Trinajstić information content (AvgIpc) is 2.31. The van der Waals surface area contributed by atoms with Crippen molar-refractivity contribution in [2.24, 2.45) is 0 Å². The van der Waals surface area contributed by atoms with Gasteiger partial charge in [0.1, 0.15) is 17.9 Å². The number of nitrogens with zero attached hydrogens (tertiary/aromatic N) is 3. The molecular formula is C10H15ClN4O2. The molecule has 17 heavy (non-hydrogen) atoms. The molecule has 0 spiro atoms. The van der Waals surface area contributed by atoms with Crippen LogP contribution in [0.25, 0.3) is 0 Å². The van der Waals surface area contributed by atoms with Crippen molar-refractivity contribution in [3.8, 4) is 5.88 Å². The number of halogens is 1. The standard InChI is InChI=1S/C10H15ClN4O2/c1-4-17-10-8(14-7(16)5-11)9(15(2)3)12-6-13-10/h6H,4-5H2,1-3H3,(H,14,16). The Kier molecular flexibility index (Phi) is 4.96. The minimum absolute atomic E-state index is 0.132. The van der Waals surface area contributed by atoms with Gasteiger partial charge in [-0.15, -0.1) is 11.6 Å². The van der Waals surface area contributed by atoms with Crippen LogP contribution in [0.5, 0.6) is 5.88 Å². The summed E-state index contributed by atoms with van der Waals surface area (Å²) in [4.78, 5) is 21.2. The van der Waals surface area contributed by atoms with Crippen molar-refractivity contribution >= 4 is 29.0 Å². The maximum atomic E-state index is 11.3. The van der Waals surface area contributed by atoms with Crippen LogP contribution in [0.4, 0.5) is 11.5 Å². The number of hydrogen-bond acceptors (Lipinski definition) is 5. The molecule has 1 aromatic rings. The normalized spacial score (nSPS) is 9.88. The summed E-state index contributed by atoms with van der Waals surface area (Å²) >= 11 is 5.46. The lowest BCUT2D eigenvalue weighted by Crippen LogP contribution is -2.20. The summed E-state index contributed by atoms with van der Waals surface area (Å²) in [6.07, 6.45) is 1.39. The molecule has 1 rings (SSSR count). The van der Waals surface area contributed by atoms with Crippen molar-refractivity contribution in [2.75, 3.05) is 36.8 Å². The van der Waals surface area contributed by atoms with E-state index in [0.717, 1.165) is 0 Å². The van der Waals surface area contributed by atoms with Gasteiger partial charge < -0.3 is 15.0 Å². The highest BCUT2D eigenvalue weighted by molar-refractivity contribution is 6.29. The number of rotatable bonds is 5.